The quantitative estimate of drug-likeness (QED) is 0.733. The van der Waals surface area contributed by atoms with Crippen molar-refractivity contribution in [2.45, 2.75) is 57.3 Å². The fourth-order valence-electron chi connectivity index (χ4n) is 3.72. The second kappa shape index (κ2) is 7.95. The Labute approximate surface area is 145 Å². The number of carbonyl (C=O) groups excluding carboxylic acids is 1. The van der Waals surface area contributed by atoms with E-state index in [0.29, 0.717) is 13.0 Å². The van der Waals surface area contributed by atoms with E-state index in [1.807, 2.05) is 6.92 Å². The highest BCUT2D eigenvalue weighted by Gasteiger charge is 2.53. The summed E-state index contributed by atoms with van der Waals surface area (Å²) in [7, 11) is 1.49. The number of aliphatic hydroxyl groups excluding tert-OH is 1. The third kappa shape index (κ3) is 4.36. The fourth-order valence-corrected chi connectivity index (χ4v) is 3.72. The Morgan fingerprint density at radius 3 is 2.62 bits per heavy atom. The zero-order valence-electron chi connectivity index (χ0n) is 15.4. The fraction of sp³-hybridized carbons (Fsp3) is 0.833. The summed E-state index contributed by atoms with van der Waals surface area (Å²) in [6, 6.07) is 0. The van der Waals surface area contributed by atoms with E-state index in [1.54, 1.807) is 0 Å². The van der Waals surface area contributed by atoms with Gasteiger partial charge < -0.3 is 19.9 Å². The van der Waals surface area contributed by atoms with E-state index < -0.39 is 17.2 Å². The molecule has 0 bridgehead atoms. The third-order valence-corrected chi connectivity index (χ3v) is 5.27. The molecule has 0 radical (unpaired) electrons. The van der Waals surface area contributed by atoms with Crippen molar-refractivity contribution in [3.63, 3.8) is 0 Å². The number of ether oxygens (including phenoxy) is 2. The number of likely N-dealkylation sites (tertiary alicyclic amines) is 1. The van der Waals surface area contributed by atoms with Crippen LogP contribution in [0.3, 0.4) is 0 Å². The highest BCUT2D eigenvalue weighted by atomic mass is 16.5. The Morgan fingerprint density at radius 2 is 2.04 bits per heavy atom. The summed E-state index contributed by atoms with van der Waals surface area (Å²) in [6.07, 6.45) is 3.67. The predicted molar refractivity (Wildman–Crippen MR) is 92.8 cm³/mol. The maximum absolute atomic E-state index is 11.9. The Morgan fingerprint density at radius 1 is 1.38 bits per heavy atom. The van der Waals surface area contributed by atoms with Gasteiger partial charge in [-0.25, -0.2) is 0 Å². The standard InChI is InChI=1S/C18H32N2O4/c1-14(2)5-9-20-10-6-18(7-11-20)16(22)17(3,8-12-24-18)19-15(21)13-23-4/h5,16,22H,6-13H2,1-4H3,(H,19,21)/t16-,17+/m0/s1. The van der Waals surface area contributed by atoms with Crippen LogP contribution in [0.1, 0.15) is 40.0 Å². The number of nitrogens with one attached hydrogen (secondary N) is 1. The van der Waals surface area contributed by atoms with Crippen LogP contribution in [-0.4, -0.2) is 73.1 Å². The number of hydrogen-bond acceptors (Lipinski definition) is 5. The number of nitrogens with zero attached hydrogens (tertiary/aromatic N) is 1. The first kappa shape index (κ1) is 19.4. The third-order valence-electron chi connectivity index (χ3n) is 5.27. The van der Waals surface area contributed by atoms with Gasteiger partial charge in [-0.1, -0.05) is 11.6 Å². The largest absolute Gasteiger partial charge is 0.388 e. The van der Waals surface area contributed by atoms with E-state index in [1.165, 1.54) is 12.7 Å². The van der Waals surface area contributed by atoms with Crippen molar-refractivity contribution in [1.29, 1.82) is 0 Å². The zero-order chi connectivity index (χ0) is 17.8. The van der Waals surface area contributed by atoms with Crippen molar-refractivity contribution < 1.29 is 19.4 Å². The zero-order valence-corrected chi connectivity index (χ0v) is 15.4. The van der Waals surface area contributed by atoms with E-state index in [9.17, 15) is 9.90 Å². The number of amides is 1. The molecular formula is C18H32N2O4. The molecule has 6 heteroatoms. The Hall–Kier alpha value is -0.950. The number of aliphatic hydroxyl groups is 1. The summed E-state index contributed by atoms with van der Waals surface area (Å²) in [4.78, 5) is 14.3. The first-order valence-corrected chi connectivity index (χ1v) is 8.79. The molecule has 0 aromatic rings. The van der Waals surface area contributed by atoms with Gasteiger partial charge in [-0.3, -0.25) is 9.69 Å². The van der Waals surface area contributed by atoms with Gasteiger partial charge in [0.2, 0.25) is 5.91 Å². The van der Waals surface area contributed by atoms with Gasteiger partial charge in [0.15, 0.2) is 0 Å². The van der Waals surface area contributed by atoms with E-state index in [-0.39, 0.29) is 12.5 Å². The minimum Gasteiger partial charge on any atom is -0.388 e. The Bertz CT molecular complexity index is 468. The van der Waals surface area contributed by atoms with Crippen LogP contribution < -0.4 is 5.32 Å². The molecule has 0 aromatic heterocycles. The van der Waals surface area contributed by atoms with Gasteiger partial charge in [-0.15, -0.1) is 0 Å². The molecule has 1 amide bonds. The molecule has 2 N–H and O–H groups in total. The smallest absolute Gasteiger partial charge is 0.246 e. The summed E-state index contributed by atoms with van der Waals surface area (Å²) < 4.78 is 10.9. The van der Waals surface area contributed by atoms with Gasteiger partial charge in [0.1, 0.15) is 12.7 Å². The molecule has 0 saturated carbocycles. The molecule has 2 fully saturated rings. The maximum Gasteiger partial charge on any atom is 0.246 e. The number of carbonyl (C=O) groups is 1. The molecule has 2 saturated heterocycles. The van der Waals surface area contributed by atoms with Gasteiger partial charge in [0, 0.05) is 33.4 Å². The monoisotopic (exact) mass is 340 g/mol. The normalized spacial score (nSPS) is 30.1. The van der Waals surface area contributed by atoms with E-state index in [4.69, 9.17) is 9.47 Å². The molecule has 24 heavy (non-hydrogen) atoms. The van der Waals surface area contributed by atoms with Crippen LogP contribution in [-0.2, 0) is 14.3 Å². The first-order chi connectivity index (χ1) is 11.3. The number of rotatable bonds is 5. The summed E-state index contributed by atoms with van der Waals surface area (Å²) in [5.74, 6) is -0.197. The number of allylic oxidation sites excluding steroid dienone is 1. The highest BCUT2D eigenvalue weighted by Crippen LogP contribution is 2.39. The molecule has 1 spiro atoms. The van der Waals surface area contributed by atoms with Gasteiger partial charge in [-0.05, 0) is 40.0 Å². The summed E-state index contributed by atoms with van der Waals surface area (Å²) in [5.41, 5.74) is 0.0859. The topological polar surface area (TPSA) is 71.0 Å². The second-order valence-corrected chi connectivity index (χ2v) is 7.55. The lowest BCUT2D eigenvalue weighted by Crippen LogP contribution is -2.69. The van der Waals surface area contributed by atoms with E-state index >= 15 is 0 Å². The molecule has 2 rings (SSSR count). The van der Waals surface area contributed by atoms with Crippen molar-refractivity contribution in [3.05, 3.63) is 11.6 Å². The summed E-state index contributed by atoms with van der Waals surface area (Å²) in [5, 5.41) is 14.0. The predicted octanol–water partition coefficient (Wildman–Crippen LogP) is 1.09. The molecular weight excluding hydrogens is 308 g/mol. The van der Waals surface area contributed by atoms with Crippen LogP contribution in [0, 0.1) is 0 Å². The Kier molecular flexibility index (Phi) is 6.42. The molecule has 0 aliphatic carbocycles. The van der Waals surface area contributed by atoms with Crippen molar-refractivity contribution >= 4 is 5.91 Å². The minimum atomic E-state index is -0.717. The van der Waals surface area contributed by atoms with Crippen molar-refractivity contribution in [2.24, 2.45) is 0 Å². The van der Waals surface area contributed by atoms with Crippen LogP contribution in [0.15, 0.2) is 11.6 Å². The summed E-state index contributed by atoms with van der Waals surface area (Å²) >= 11 is 0. The van der Waals surface area contributed by atoms with E-state index in [0.717, 1.165) is 32.5 Å². The van der Waals surface area contributed by atoms with Crippen molar-refractivity contribution in [2.75, 3.05) is 40.0 Å². The van der Waals surface area contributed by atoms with Crippen LogP contribution in [0.25, 0.3) is 0 Å². The molecule has 138 valence electrons. The summed E-state index contributed by atoms with van der Waals surface area (Å²) in [6.45, 7) is 9.40. The van der Waals surface area contributed by atoms with Crippen molar-refractivity contribution in [1.82, 2.24) is 10.2 Å². The Balaban J connectivity index is 2.00. The maximum atomic E-state index is 11.9. The van der Waals surface area contributed by atoms with Crippen LogP contribution in [0.4, 0.5) is 0 Å². The SMILES string of the molecule is COCC(=O)N[C@]1(C)CCOC2(CCN(CC=C(C)C)CC2)[C@H]1O. The molecule has 2 atom stereocenters. The molecule has 0 aromatic carbocycles. The lowest BCUT2D eigenvalue weighted by atomic mass is 9.73. The first-order valence-electron chi connectivity index (χ1n) is 8.79. The number of piperidine rings is 1. The number of hydrogen-bond donors (Lipinski definition) is 2. The van der Waals surface area contributed by atoms with Gasteiger partial charge >= 0.3 is 0 Å². The van der Waals surface area contributed by atoms with E-state index in [2.05, 4.69) is 30.1 Å². The average Bonchev–Trinajstić information content (AvgIpc) is 2.52. The van der Waals surface area contributed by atoms with Crippen LogP contribution in [0.2, 0.25) is 0 Å². The van der Waals surface area contributed by atoms with Gasteiger partial charge in [0.05, 0.1) is 11.1 Å². The molecule has 2 heterocycles. The average molecular weight is 340 g/mol. The van der Waals surface area contributed by atoms with Crippen LogP contribution in [0.5, 0.6) is 0 Å². The van der Waals surface area contributed by atoms with Gasteiger partial charge in [0.25, 0.3) is 0 Å². The lowest BCUT2D eigenvalue weighted by molar-refractivity contribution is -0.207. The molecule has 2 aliphatic rings. The van der Waals surface area contributed by atoms with Crippen LogP contribution >= 0.6 is 0 Å². The number of methoxy groups -OCH3 is 1. The van der Waals surface area contributed by atoms with Crippen molar-refractivity contribution in [3.8, 4) is 0 Å². The minimum absolute atomic E-state index is 0.00660. The molecule has 6 nitrogen and oxygen atoms in total. The highest BCUT2D eigenvalue weighted by molar-refractivity contribution is 5.78. The lowest BCUT2D eigenvalue weighted by Gasteiger charge is -2.53. The molecule has 2 aliphatic heterocycles. The second-order valence-electron chi connectivity index (χ2n) is 7.55. The molecule has 0 unspecified atom stereocenters. The van der Waals surface area contributed by atoms with Gasteiger partial charge in [-0.2, -0.15) is 0 Å².